The van der Waals surface area contributed by atoms with Crippen molar-refractivity contribution >= 4 is 37.1 Å². The van der Waals surface area contributed by atoms with Gasteiger partial charge in [-0.15, -0.1) is 0 Å². The molecule has 0 amide bonds. The average Bonchev–Trinajstić information content (AvgIpc) is 2.20. The van der Waals surface area contributed by atoms with Gasteiger partial charge in [0.1, 0.15) is 0 Å². The van der Waals surface area contributed by atoms with Gasteiger partial charge in [-0.05, 0) is 23.6 Å². The second-order valence-corrected chi connectivity index (χ2v) is 9.83. The van der Waals surface area contributed by atoms with E-state index in [-0.39, 0.29) is 19.5 Å². The van der Waals surface area contributed by atoms with Crippen LogP contribution in [0.5, 0.6) is 0 Å². The Morgan fingerprint density at radius 1 is 0.870 bits per heavy atom. The Hall–Kier alpha value is 1.68. The van der Waals surface area contributed by atoms with Crippen LogP contribution < -0.4 is 0 Å². The fourth-order valence-electron chi connectivity index (χ4n) is 0.697. The van der Waals surface area contributed by atoms with Gasteiger partial charge in [0.2, 0.25) is 0 Å². The molecular weight excluding hydrogens is 432 g/mol. The van der Waals surface area contributed by atoms with Crippen LogP contribution in [0.2, 0.25) is 0 Å². The van der Waals surface area contributed by atoms with Gasteiger partial charge in [-0.2, -0.15) is 11.8 Å². The second-order valence-electron chi connectivity index (χ2n) is 4.84. The minimum absolute atomic E-state index is 0. The molecule has 0 radical (unpaired) electrons. The molecule has 0 aromatic rings. The molecule has 23 heavy (non-hydrogen) atoms. The maximum Gasteiger partial charge on any atom is 2.00 e. The summed E-state index contributed by atoms with van der Waals surface area (Å²) in [6.45, 7) is 8.56. The molecule has 0 heterocycles. The van der Waals surface area contributed by atoms with E-state index in [1.165, 1.54) is 25.7 Å². The van der Waals surface area contributed by atoms with Gasteiger partial charge in [-0.3, -0.25) is 0 Å². The molecule has 0 aliphatic carbocycles. The third-order valence-corrected chi connectivity index (χ3v) is 1.54. The summed E-state index contributed by atoms with van der Waals surface area (Å²) >= 11 is 7.21. The van der Waals surface area contributed by atoms with Crippen molar-refractivity contribution in [3.05, 3.63) is 13.8 Å². The van der Waals surface area contributed by atoms with Gasteiger partial charge in [0.25, 0.3) is 0 Å². The third-order valence-electron chi connectivity index (χ3n) is 1.54. The van der Waals surface area contributed by atoms with Gasteiger partial charge < -0.3 is 43.2 Å². The Morgan fingerprint density at radius 2 is 1.09 bits per heavy atom. The molecule has 0 aliphatic heterocycles. The molecule has 0 aromatic heterocycles. The van der Waals surface area contributed by atoms with Gasteiger partial charge in [0.15, 0.2) is 0 Å². The Morgan fingerprint density at radius 3 is 1.22 bits per heavy atom. The molecule has 11 heteroatoms. The summed E-state index contributed by atoms with van der Waals surface area (Å²) in [6.07, 6.45) is 5.21. The van der Waals surface area contributed by atoms with Crippen LogP contribution >= 0.6 is 13.4 Å². The summed E-state index contributed by atoms with van der Waals surface area (Å²) in [4.78, 5) is 45.3. The standard InChI is InChI=1S/C8H17.C4H9.2H3O3PS.Zn/c1-4-6-7-8(3)5-2;1-4(2)3;2*1-4(2,3)5;/h8H,3-7H2,1-2H3;4H,1H2,2-3H3;2*(H3,1,2,3,5);/q2*-1;;;+2. The fourth-order valence-corrected chi connectivity index (χ4v) is 0.697. The molecule has 0 saturated heterocycles. The molecule has 6 N–H and O–H groups in total. The largest absolute Gasteiger partial charge is 2.00 e. The van der Waals surface area contributed by atoms with Crippen molar-refractivity contribution in [3.8, 4) is 0 Å². The van der Waals surface area contributed by atoms with Crippen molar-refractivity contribution in [2.45, 2.75) is 53.4 Å². The molecule has 0 saturated carbocycles. The van der Waals surface area contributed by atoms with E-state index in [9.17, 15) is 0 Å². The van der Waals surface area contributed by atoms with Crippen molar-refractivity contribution < 1.29 is 48.8 Å². The Bertz CT molecular complexity index is 271. The van der Waals surface area contributed by atoms with Gasteiger partial charge in [0.05, 0.1) is 0 Å². The van der Waals surface area contributed by atoms with Crippen LogP contribution in [0.15, 0.2) is 0 Å². The van der Waals surface area contributed by atoms with E-state index in [1.807, 2.05) is 0 Å². The zero-order valence-corrected chi connectivity index (χ0v) is 20.9. The number of hydrogen-bond acceptors (Lipinski definition) is 2. The van der Waals surface area contributed by atoms with Crippen LogP contribution in [0.4, 0.5) is 0 Å². The van der Waals surface area contributed by atoms with Crippen LogP contribution in [0.1, 0.15) is 53.4 Å². The molecule has 0 aliphatic rings. The van der Waals surface area contributed by atoms with E-state index in [0.29, 0.717) is 11.8 Å². The minimum Gasteiger partial charge on any atom is -0.341 e. The van der Waals surface area contributed by atoms with E-state index >= 15 is 0 Å². The van der Waals surface area contributed by atoms with E-state index in [0.717, 1.165) is 0 Å². The Labute approximate surface area is 164 Å². The predicted molar refractivity (Wildman–Crippen MR) is 101 cm³/mol. The van der Waals surface area contributed by atoms with Crippen LogP contribution in [-0.2, 0) is 43.1 Å². The molecule has 0 rings (SSSR count). The van der Waals surface area contributed by atoms with E-state index in [1.54, 1.807) is 0 Å². The van der Waals surface area contributed by atoms with Crippen LogP contribution in [0.3, 0.4) is 0 Å². The van der Waals surface area contributed by atoms with Crippen LogP contribution in [-0.4, -0.2) is 29.4 Å². The maximum absolute atomic E-state index is 7.56. The molecular formula is C12H32O6P2S2Zn. The number of rotatable bonds is 4. The summed E-state index contributed by atoms with van der Waals surface area (Å²) in [7, 11) is 0. The first-order valence-corrected chi connectivity index (χ1v) is 12.1. The Balaban J connectivity index is -0.0000000641. The van der Waals surface area contributed by atoms with Gasteiger partial charge >= 0.3 is 32.9 Å². The van der Waals surface area contributed by atoms with Crippen LogP contribution in [0, 0.1) is 25.7 Å². The number of unbranched alkanes of at least 4 members (excludes halogenated alkanes) is 1. The molecule has 6 nitrogen and oxygen atoms in total. The first-order chi connectivity index (χ1) is 9.54. The summed E-state index contributed by atoms with van der Waals surface area (Å²) in [6, 6.07) is 0. The number of hydrogen-bond donors (Lipinski definition) is 6. The first kappa shape index (κ1) is 35.7. The van der Waals surface area contributed by atoms with E-state index < -0.39 is 13.4 Å². The summed E-state index contributed by atoms with van der Waals surface area (Å²) in [5.74, 6) is 1.29. The fraction of sp³-hybridized carbons (Fsp3) is 0.833. The quantitative estimate of drug-likeness (QED) is 0.214. The summed E-state index contributed by atoms with van der Waals surface area (Å²) < 4.78 is 0. The maximum atomic E-state index is 7.56. The van der Waals surface area contributed by atoms with Crippen molar-refractivity contribution in [2.75, 3.05) is 0 Å². The molecule has 0 spiro atoms. The molecule has 140 valence electrons. The smallest absolute Gasteiger partial charge is 0.341 e. The second kappa shape index (κ2) is 21.7. The SMILES string of the molecule is OP(O)(O)=S.OP(O)(O)=S.[CH2-]C(C)C.[CH2-]C(CC)CCCC.[Zn+2]. The molecule has 1 unspecified atom stereocenters. The third kappa shape index (κ3) is 189. The molecule has 0 aromatic carbocycles. The van der Waals surface area contributed by atoms with Crippen LogP contribution in [0.25, 0.3) is 0 Å². The van der Waals surface area contributed by atoms with E-state index in [2.05, 4.69) is 65.2 Å². The molecule has 0 bridgehead atoms. The summed E-state index contributed by atoms with van der Waals surface area (Å²) in [5, 5.41) is 0. The minimum atomic E-state index is -3.81. The topological polar surface area (TPSA) is 121 Å². The average molecular weight is 464 g/mol. The van der Waals surface area contributed by atoms with E-state index in [4.69, 9.17) is 29.4 Å². The van der Waals surface area contributed by atoms with Crippen molar-refractivity contribution in [3.63, 3.8) is 0 Å². The van der Waals surface area contributed by atoms with Crippen molar-refractivity contribution in [1.29, 1.82) is 0 Å². The van der Waals surface area contributed by atoms with Crippen molar-refractivity contribution in [1.82, 2.24) is 0 Å². The monoisotopic (exact) mass is 462 g/mol. The first-order valence-electron chi connectivity index (χ1n) is 6.77. The van der Waals surface area contributed by atoms with Crippen molar-refractivity contribution in [2.24, 2.45) is 11.8 Å². The van der Waals surface area contributed by atoms with Gasteiger partial charge in [0, 0.05) is 0 Å². The molecule has 1 atom stereocenters. The zero-order chi connectivity index (χ0) is 19.0. The van der Waals surface area contributed by atoms with Gasteiger partial charge in [-0.25, -0.2) is 0 Å². The zero-order valence-electron chi connectivity index (χ0n) is 14.5. The van der Waals surface area contributed by atoms with Gasteiger partial charge in [-0.1, -0.05) is 53.4 Å². The normalized spacial score (nSPS) is 11.5. The molecule has 0 fully saturated rings. The Kier molecular flexibility index (Phi) is 33.8. The summed E-state index contributed by atoms with van der Waals surface area (Å²) in [5.41, 5.74) is 0. The predicted octanol–water partition coefficient (Wildman–Crippen LogP) is 2.89.